The van der Waals surface area contributed by atoms with Gasteiger partial charge >= 0.3 is 0 Å². The third-order valence-electron chi connectivity index (χ3n) is 3.55. The zero-order valence-corrected chi connectivity index (χ0v) is 13.2. The van der Waals surface area contributed by atoms with Crippen LogP contribution in [0.4, 0.5) is 0 Å². The Bertz CT molecular complexity index is 673. The van der Waals surface area contributed by atoms with Gasteiger partial charge in [-0.3, -0.25) is 4.79 Å². The quantitative estimate of drug-likeness (QED) is 0.866. The number of carbonyl (C=O) groups is 1. The molecule has 0 aliphatic carbocycles. The van der Waals surface area contributed by atoms with Crippen molar-refractivity contribution in [2.24, 2.45) is 5.73 Å². The fraction of sp³-hybridized carbons (Fsp3) is 0.400. The molecule has 1 saturated heterocycles. The second-order valence-corrected chi connectivity index (χ2v) is 6.34. The van der Waals surface area contributed by atoms with Crippen LogP contribution in [0.1, 0.15) is 28.5 Å². The highest BCUT2D eigenvalue weighted by Crippen LogP contribution is 2.27. The normalized spacial score (nSPS) is 17.9. The molecule has 2 N–H and O–H groups in total. The zero-order chi connectivity index (χ0) is 15.5. The number of amides is 1. The summed E-state index contributed by atoms with van der Waals surface area (Å²) in [7, 11) is 0. The van der Waals surface area contributed by atoms with Gasteiger partial charge in [0.2, 0.25) is 5.89 Å². The molecule has 0 saturated carbocycles. The van der Waals surface area contributed by atoms with Crippen LogP contribution in [0.15, 0.2) is 33.7 Å². The maximum atomic E-state index is 12.6. The molecule has 6 nitrogen and oxygen atoms in total. The Kier molecular flexibility index (Phi) is 4.44. The summed E-state index contributed by atoms with van der Waals surface area (Å²) in [6.45, 7) is 3.13. The maximum Gasteiger partial charge on any atom is 0.255 e. The highest BCUT2D eigenvalue weighted by atomic mass is 32.2. The van der Waals surface area contributed by atoms with E-state index in [4.69, 9.17) is 10.3 Å². The minimum absolute atomic E-state index is 0.0396. The predicted octanol–water partition coefficient (Wildman–Crippen LogP) is 1.84. The smallest absolute Gasteiger partial charge is 0.255 e. The van der Waals surface area contributed by atoms with Gasteiger partial charge in [-0.1, -0.05) is 17.3 Å². The molecule has 0 spiro atoms. The van der Waals surface area contributed by atoms with Crippen molar-refractivity contribution in [1.29, 1.82) is 0 Å². The Morgan fingerprint density at radius 2 is 2.32 bits per heavy atom. The van der Waals surface area contributed by atoms with E-state index in [9.17, 15) is 4.79 Å². The zero-order valence-electron chi connectivity index (χ0n) is 12.4. The number of likely N-dealkylation sites (tertiary alicyclic amines) is 1. The van der Waals surface area contributed by atoms with E-state index in [-0.39, 0.29) is 11.9 Å². The van der Waals surface area contributed by atoms with Crippen molar-refractivity contribution in [3.8, 4) is 0 Å². The molecular weight excluding hydrogens is 300 g/mol. The number of aryl methyl sites for hydroxylation is 1. The van der Waals surface area contributed by atoms with Crippen LogP contribution in [-0.2, 0) is 5.75 Å². The third-order valence-corrected chi connectivity index (χ3v) is 4.61. The Morgan fingerprint density at radius 1 is 1.50 bits per heavy atom. The van der Waals surface area contributed by atoms with Gasteiger partial charge in [0, 0.05) is 24.0 Å². The lowest BCUT2D eigenvalue weighted by molar-refractivity contribution is 0.0787. The highest BCUT2D eigenvalue weighted by Gasteiger charge is 2.26. The van der Waals surface area contributed by atoms with Crippen LogP contribution < -0.4 is 5.73 Å². The van der Waals surface area contributed by atoms with Crippen LogP contribution in [0.2, 0.25) is 0 Å². The van der Waals surface area contributed by atoms with Crippen molar-refractivity contribution >= 4 is 17.7 Å². The Hall–Kier alpha value is -1.86. The number of carbonyl (C=O) groups excluding carboxylic acids is 1. The summed E-state index contributed by atoms with van der Waals surface area (Å²) in [6, 6.07) is 7.69. The average molecular weight is 318 g/mol. The van der Waals surface area contributed by atoms with Gasteiger partial charge in [-0.2, -0.15) is 4.98 Å². The first-order chi connectivity index (χ1) is 10.6. The van der Waals surface area contributed by atoms with E-state index >= 15 is 0 Å². The fourth-order valence-electron chi connectivity index (χ4n) is 2.45. The van der Waals surface area contributed by atoms with Crippen LogP contribution in [0, 0.1) is 6.92 Å². The number of rotatable bonds is 4. The number of hydrogen-bond donors (Lipinski definition) is 1. The lowest BCUT2D eigenvalue weighted by atomic mass is 10.2. The first-order valence-electron chi connectivity index (χ1n) is 7.19. The largest absolute Gasteiger partial charge is 0.338 e. The topological polar surface area (TPSA) is 85.2 Å². The second-order valence-electron chi connectivity index (χ2n) is 5.32. The summed E-state index contributed by atoms with van der Waals surface area (Å²) < 4.78 is 5.11. The standard InChI is InChI=1S/C15H18N4O2S/c1-10-17-14(21-18-10)9-22-13-5-3-2-4-12(13)15(20)19-7-6-11(16)8-19/h2-5,11H,6-9,16H2,1H3/t11-/m1/s1. The SMILES string of the molecule is Cc1noc(CSc2ccccc2C(=O)N2CC[C@@H](N)C2)n1. The van der Waals surface area contributed by atoms with Gasteiger partial charge in [-0.15, -0.1) is 11.8 Å². The number of aromatic nitrogens is 2. The van der Waals surface area contributed by atoms with E-state index in [0.29, 0.717) is 29.6 Å². The molecule has 22 heavy (non-hydrogen) atoms. The minimum atomic E-state index is 0.0396. The summed E-state index contributed by atoms with van der Waals surface area (Å²) in [5.74, 6) is 1.77. The van der Waals surface area contributed by atoms with Crippen molar-refractivity contribution in [3.63, 3.8) is 0 Å². The summed E-state index contributed by atoms with van der Waals surface area (Å²) in [4.78, 5) is 19.6. The van der Waals surface area contributed by atoms with Crippen LogP contribution in [-0.4, -0.2) is 40.1 Å². The number of nitrogens with two attached hydrogens (primary N) is 1. The van der Waals surface area contributed by atoms with E-state index in [0.717, 1.165) is 17.9 Å². The molecule has 1 aromatic heterocycles. The predicted molar refractivity (Wildman–Crippen MR) is 83.5 cm³/mol. The number of thioether (sulfide) groups is 1. The first kappa shape index (κ1) is 15.1. The minimum Gasteiger partial charge on any atom is -0.338 e. The Balaban J connectivity index is 1.73. The van der Waals surface area contributed by atoms with Crippen molar-refractivity contribution in [2.45, 2.75) is 30.0 Å². The lowest BCUT2D eigenvalue weighted by Gasteiger charge is -2.17. The van der Waals surface area contributed by atoms with Gasteiger partial charge in [0.25, 0.3) is 5.91 Å². The van der Waals surface area contributed by atoms with Crippen LogP contribution in [0.5, 0.6) is 0 Å². The van der Waals surface area contributed by atoms with E-state index in [1.165, 1.54) is 11.8 Å². The van der Waals surface area contributed by atoms with E-state index in [1.807, 2.05) is 29.2 Å². The molecule has 1 aliphatic rings. The van der Waals surface area contributed by atoms with E-state index in [1.54, 1.807) is 6.92 Å². The fourth-order valence-corrected chi connectivity index (χ4v) is 3.33. The molecule has 0 bridgehead atoms. The van der Waals surface area contributed by atoms with Crippen LogP contribution >= 0.6 is 11.8 Å². The van der Waals surface area contributed by atoms with Gasteiger partial charge in [0.05, 0.1) is 11.3 Å². The molecule has 1 aromatic carbocycles. The lowest BCUT2D eigenvalue weighted by Crippen LogP contribution is -2.32. The molecule has 1 fully saturated rings. The third kappa shape index (κ3) is 3.31. The van der Waals surface area contributed by atoms with E-state index in [2.05, 4.69) is 10.1 Å². The molecule has 2 aromatic rings. The first-order valence-corrected chi connectivity index (χ1v) is 8.18. The molecule has 7 heteroatoms. The summed E-state index contributed by atoms with van der Waals surface area (Å²) in [5.41, 5.74) is 6.60. The maximum absolute atomic E-state index is 12.6. The van der Waals surface area contributed by atoms with Gasteiger partial charge in [0.1, 0.15) is 0 Å². The highest BCUT2D eigenvalue weighted by molar-refractivity contribution is 7.98. The Labute approximate surface area is 133 Å². The molecule has 1 amide bonds. The van der Waals surface area contributed by atoms with Crippen molar-refractivity contribution in [1.82, 2.24) is 15.0 Å². The van der Waals surface area contributed by atoms with Gasteiger partial charge in [-0.25, -0.2) is 0 Å². The number of benzene rings is 1. The molecule has 0 radical (unpaired) electrons. The molecule has 1 aliphatic heterocycles. The van der Waals surface area contributed by atoms with Gasteiger partial charge in [0.15, 0.2) is 5.82 Å². The monoisotopic (exact) mass is 318 g/mol. The van der Waals surface area contributed by atoms with Crippen LogP contribution in [0.25, 0.3) is 0 Å². The van der Waals surface area contributed by atoms with Crippen molar-refractivity contribution in [2.75, 3.05) is 13.1 Å². The molecule has 116 valence electrons. The second kappa shape index (κ2) is 6.50. The molecule has 1 atom stereocenters. The molecule has 2 heterocycles. The van der Waals surface area contributed by atoms with Crippen LogP contribution in [0.3, 0.4) is 0 Å². The summed E-state index contributed by atoms with van der Waals surface area (Å²) >= 11 is 1.53. The Morgan fingerprint density at radius 3 is 3.00 bits per heavy atom. The number of hydrogen-bond acceptors (Lipinski definition) is 6. The summed E-state index contributed by atoms with van der Waals surface area (Å²) in [6.07, 6.45) is 0.863. The summed E-state index contributed by atoms with van der Waals surface area (Å²) in [5, 5.41) is 3.77. The van der Waals surface area contributed by atoms with E-state index < -0.39 is 0 Å². The number of nitrogens with zero attached hydrogens (tertiary/aromatic N) is 3. The van der Waals surface area contributed by atoms with Crippen molar-refractivity contribution in [3.05, 3.63) is 41.5 Å². The van der Waals surface area contributed by atoms with Crippen molar-refractivity contribution < 1.29 is 9.32 Å². The van der Waals surface area contributed by atoms with Gasteiger partial charge < -0.3 is 15.2 Å². The molecular formula is C15H18N4O2S. The molecule has 3 rings (SSSR count). The van der Waals surface area contributed by atoms with Gasteiger partial charge in [-0.05, 0) is 25.5 Å². The molecule has 0 unspecified atom stereocenters. The average Bonchev–Trinajstić information content (AvgIpc) is 3.13.